The number of benzene rings is 3. The van der Waals surface area contributed by atoms with Gasteiger partial charge in [0, 0.05) is 29.1 Å². The fourth-order valence-corrected chi connectivity index (χ4v) is 4.32. The SMILES string of the molecule is CN1C(=O)c2cccc3c(S(=O)(=O)Nc4ccccc4)ccc1c23. The summed E-state index contributed by atoms with van der Waals surface area (Å²) in [6.07, 6.45) is 0. The third-order valence-electron chi connectivity index (χ3n) is 4.19. The van der Waals surface area contributed by atoms with E-state index in [0.717, 1.165) is 5.69 Å². The highest BCUT2D eigenvalue weighted by Crippen LogP contribution is 2.39. The fraction of sp³-hybridized carbons (Fsp3) is 0.0556. The molecule has 0 saturated heterocycles. The van der Waals surface area contributed by atoms with Gasteiger partial charge in [-0.1, -0.05) is 30.3 Å². The first-order valence-electron chi connectivity index (χ1n) is 7.41. The Labute approximate surface area is 139 Å². The van der Waals surface area contributed by atoms with Crippen LogP contribution in [0.5, 0.6) is 0 Å². The summed E-state index contributed by atoms with van der Waals surface area (Å²) in [6.45, 7) is 0. The lowest BCUT2D eigenvalue weighted by Crippen LogP contribution is -2.20. The van der Waals surface area contributed by atoms with Gasteiger partial charge in [-0.3, -0.25) is 9.52 Å². The predicted octanol–water partition coefficient (Wildman–Crippen LogP) is 3.23. The molecule has 1 heterocycles. The molecule has 0 aromatic heterocycles. The molecule has 3 aromatic carbocycles. The molecule has 1 aliphatic heterocycles. The normalized spacial score (nSPS) is 13.5. The van der Waals surface area contributed by atoms with Crippen molar-refractivity contribution in [1.82, 2.24) is 0 Å². The minimum Gasteiger partial charge on any atom is -0.311 e. The maximum Gasteiger partial charge on any atom is 0.262 e. The van der Waals surface area contributed by atoms with E-state index in [9.17, 15) is 13.2 Å². The molecular weight excluding hydrogens is 324 g/mol. The molecule has 0 aliphatic carbocycles. The molecule has 1 N–H and O–H groups in total. The minimum atomic E-state index is -3.76. The summed E-state index contributed by atoms with van der Waals surface area (Å²) in [4.78, 5) is 14.0. The third-order valence-corrected chi connectivity index (χ3v) is 5.63. The zero-order valence-electron chi connectivity index (χ0n) is 12.9. The molecule has 4 rings (SSSR count). The van der Waals surface area contributed by atoms with Crippen LogP contribution in [-0.4, -0.2) is 21.4 Å². The lowest BCUT2D eigenvalue weighted by atomic mass is 10.1. The van der Waals surface area contributed by atoms with E-state index in [1.54, 1.807) is 66.5 Å². The van der Waals surface area contributed by atoms with Crippen LogP contribution in [0.4, 0.5) is 11.4 Å². The molecule has 24 heavy (non-hydrogen) atoms. The summed E-state index contributed by atoms with van der Waals surface area (Å²) in [5.41, 5.74) is 1.75. The summed E-state index contributed by atoms with van der Waals surface area (Å²) >= 11 is 0. The van der Waals surface area contributed by atoms with Gasteiger partial charge in [0.05, 0.1) is 10.6 Å². The number of amides is 1. The Morgan fingerprint density at radius 2 is 1.67 bits per heavy atom. The van der Waals surface area contributed by atoms with Crippen LogP contribution in [0.2, 0.25) is 0 Å². The van der Waals surface area contributed by atoms with Gasteiger partial charge in [-0.15, -0.1) is 0 Å². The largest absolute Gasteiger partial charge is 0.311 e. The summed E-state index contributed by atoms with van der Waals surface area (Å²) < 4.78 is 28.2. The zero-order valence-corrected chi connectivity index (χ0v) is 13.7. The highest BCUT2D eigenvalue weighted by molar-refractivity contribution is 7.93. The molecule has 1 amide bonds. The topological polar surface area (TPSA) is 66.5 Å². The smallest absolute Gasteiger partial charge is 0.262 e. The van der Waals surface area contributed by atoms with Crippen LogP contribution in [-0.2, 0) is 10.0 Å². The molecule has 0 atom stereocenters. The van der Waals surface area contributed by atoms with Gasteiger partial charge in [-0.05, 0) is 30.3 Å². The second kappa shape index (κ2) is 5.07. The number of carbonyl (C=O) groups is 1. The van der Waals surface area contributed by atoms with E-state index in [2.05, 4.69) is 4.72 Å². The maximum absolute atomic E-state index is 12.8. The van der Waals surface area contributed by atoms with Crippen molar-refractivity contribution < 1.29 is 13.2 Å². The number of hydrogen-bond acceptors (Lipinski definition) is 3. The molecule has 6 heteroatoms. The van der Waals surface area contributed by atoms with Crippen molar-refractivity contribution in [3.05, 3.63) is 66.2 Å². The number of rotatable bonds is 3. The summed E-state index contributed by atoms with van der Waals surface area (Å²) in [5, 5.41) is 1.23. The van der Waals surface area contributed by atoms with Gasteiger partial charge in [-0.25, -0.2) is 8.42 Å². The summed E-state index contributed by atoms with van der Waals surface area (Å²) in [5.74, 6) is -0.124. The van der Waals surface area contributed by atoms with Crippen LogP contribution in [0.3, 0.4) is 0 Å². The van der Waals surface area contributed by atoms with Gasteiger partial charge in [0.1, 0.15) is 0 Å². The van der Waals surface area contributed by atoms with Gasteiger partial charge in [0.15, 0.2) is 0 Å². The molecule has 0 radical (unpaired) electrons. The van der Waals surface area contributed by atoms with Crippen LogP contribution >= 0.6 is 0 Å². The van der Waals surface area contributed by atoms with E-state index >= 15 is 0 Å². The molecule has 0 unspecified atom stereocenters. The molecule has 0 fully saturated rings. The number of para-hydroxylation sites is 1. The van der Waals surface area contributed by atoms with Crippen LogP contribution < -0.4 is 9.62 Å². The molecule has 0 spiro atoms. The van der Waals surface area contributed by atoms with Gasteiger partial charge in [-0.2, -0.15) is 0 Å². The highest BCUT2D eigenvalue weighted by Gasteiger charge is 2.29. The van der Waals surface area contributed by atoms with E-state index in [4.69, 9.17) is 0 Å². The number of sulfonamides is 1. The van der Waals surface area contributed by atoms with E-state index < -0.39 is 10.0 Å². The van der Waals surface area contributed by atoms with Crippen LogP contribution in [0, 0.1) is 0 Å². The Kier molecular flexibility index (Phi) is 3.11. The molecule has 5 nitrogen and oxygen atoms in total. The van der Waals surface area contributed by atoms with Crippen molar-refractivity contribution in [2.75, 3.05) is 16.7 Å². The van der Waals surface area contributed by atoms with Crippen LogP contribution in [0.15, 0.2) is 65.6 Å². The Morgan fingerprint density at radius 1 is 0.917 bits per heavy atom. The number of carbonyl (C=O) groups excluding carboxylic acids is 1. The second-order valence-electron chi connectivity index (χ2n) is 5.65. The van der Waals surface area contributed by atoms with Gasteiger partial charge in [0.2, 0.25) is 0 Å². The second-order valence-corrected chi connectivity index (χ2v) is 7.30. The number of hydrogen-bond donors (Lipinski definition) is 1. The van der Waals surface area contributed by atoms with Crippen molar-refractivity contribution in [2.45, 2.75) is 4.90 Å². The zero-order chi connectivity index (χ0) is 16.9. The van der Waals surface area contributed by atoms with Crippen molar-refractivity contribution >= 4 is 38.1 Å². The molecular formula is C18H14N2O3S. The minimum absolute atomic E-state index is 0.124. The molecule has 0 bridgehead atoms. The fourth-order valence-electron chi connectivity index (χ4n) is 3.06. The van der Waals surface area contributed by atoms with Crippen molar-refractivity contribution in [3.63, 3.8) is 0 Å². The number of nitrogens with one attached hydrogen (secondary N) is 1. The van der Waals surface area contributed by atoms with Crippen LogP contribution in [0.1, 0.15) is 10.4 Å². The maximum atomic E-state index is 12.8. The van der Waals surface area contributed by atoms with Gasteiger partial charge in [0.25, 0.3) is 15.9 Å². The highest BCUT2D eigenvalue weighted by atomic mass is 32.2. The van der Waals surface area contributed by atoms with Crippen LogP contribution in [0.25, 0.3) is 10.8 Å². The average Bonchev–Trinajstić information content (AvgIpc) is 2.82. The van der Waals surface area contributed by atoms with E-state index in [-0.39, 0.29) is 10.8 Å². The Morgan fingerprint density at radius 3 is 2.42 bits per heavy atom. The summed E-state index contributed by atoms with van der Waals surface area (Å²) in [6, 6.07) is 17.1. The lowest BCUT2D eigenvalue weighted by molar-refractivity contribution is 0.0999. The van der Waals surface area contributed by atoms with E-state index in [1.165, 1.54) is 0 Å². The number of anilines is 2. The van der Waals surface area contributed by atoms with E-state index in [1.807, 2.05) is 6.07 Å². The Bertz CT molecular complexity index is 1080. The molecule has 0 saturated carbocycles. The first-order valence-corrected chi connectivity index (χ1v) is 8.89. The van der Waals surface area contributed by atoms with E-state index in [0.29, 0.717) is 22.0 Å². The first kappa shape index (κ1) is 14.7. The van der Waals surface area contributed by atoms with Crippen molar-refractivity contribution in [3.8, 4) is 0 Å². The molecule has 120 valence electrons. The van der Waals surface area contributed by atoms with Crippen molar-refractivity contribution in [1.29, 1.82) is 0 Å². The Hall–Kier alpha value is -2.86. The van der Waals surface area contributed by atoms with Gasteiger partial charge < -0.3 is 4.90 Å². The predicted molar refractivity (Wildman–Crippen MR) is 93.9 cm³/mol. The van der Waals surface area contributed by atoms with Gasteiger partial charge >= 0.3 is 0 Å². The number of nitrogens with zero attached hydrogens (tertiary/aromatic N) is 1. The lowest BCUT2D eigenvalue weighted by Gasteiger charge is -2.13. The third kappa shape index (κ3) is 2.07. The molecule has 3 aromatic rings. The van der Waals surface area contributed by atoms with Crippen molar-refractivity contribution in [2.24, 2.45) is 0 Å². The summed E-state index contributed by atoms with van der Waals surface area (Å²) in [7, 11) is -2.07. The standard InChI is InChI=1S/C18H14N2O3S/c1-20-15-10-11-16(13-8-5-9-14(17(13)15)18(20)21)24(22,23)19-12-6-3-2-4-7-12/h2-11,19H,1H3. The quantitative estimate of drug-likeness (QED) is 0.797. The Balaban J connectivity index is 1.92. The average molecular weight is 338 g/mol. The first-order chi connectivity index (χ1) is 11.5. The molecule has 1 aliphatic rings. The monoisotopic (exact) mass is 338 g/mol.